The number of hydrogen-bond donors (Lipinski definition) is 3. The van der Waals surface area contributed by atoms with E-state index in [-0.39, 0.29) is 23.7 Å². The Labute approximate surface area is 204 Å². The van der Waals surface area contributed by atoms with Gasteiger partial charge in [-0.25, -0.2) is 0 Å². The van der Waals surface area contributed by atoms with Crippen molar-refractivity contribution in [1.29, 1.82) is 0 Å². The van der Waals surface area contributed by atoms with Gasteiger partial charge in [0.1, 0.15) is 11.4 Å². The second-order valence-corrected chi connectivity index (χ2v) is 9.46. The minimum atomic E-state index is -0.0734. The fourth-order valence-corrected chi connectivity index (χ4v) is 5.16. The Morgan fingerprint density at radius 2 is 1.91 bits per heavy atom. The van der Waals surface area contributed by atoms with Gasteiger partial charge in [0, 0.05) is 59.6 Å². The minimum Gasteiger partial charge on any atom is -0.497 e. The Hall–Kier alpha value is -3.74. The number of aromatic amines is 2. The van der Waals surface area contributed by atoms with Crippen molar-refractivity contribution in [3.05, 3.63) is 66.0 Å². The van der Waals surface area contributed by atoms with E-state index in [2.05, 4.69) is 27.4 Å². The lowest BCUT2D eigenvalue weighted by Crippen LogP contribution is -2.43. The molecule has 0 saturated carbocycles. The molecule has 1 saturated heterocycles. The molecular weight excluding hydrogens is 440 g/mol. The van der Waals surface area contributed by atoms with E-state index in [1.807, 2.05) is 54.4 Å². The van der Waals surface area contributed by atoms with E-state index >= 15 is 0 Å². The molecule has 3 heterocycles. The number of aromatic nitrogens is 2. The molecule has 3 N–H and O–H groups in total. The predicted molar refractivity (Wildman–Crippen MR) is 138 cm³/mol. The van der Waals surface area contributed by atoms with Crippen molar-refractivity contribution in [3.63, 3.8) is 0 Å². The molecule has 2 aromatic carbocycles. The normalized spacial score (nSPS) is 15.4. The van der Waals surface area contributed by atoms with Crippen LogP contribution in [0, 0.1) is 11.8 Å². The number of carbonyl (C=O) groups is 2. The van der Waals surface area contributed by atoms with E-state index in [9.17, 15) is 9.59 Å². The summed E-state index contributed by atoms with van der Waals surface area (Å²) in [6, 6.07) is 15.9. The Balaban J connectivity index is 1.11. The summed E-state index contributed by atoms with van der Waals surface area (Å²) in [6.07, 6.45) is 4.48. The standard InChI is InChI=1S/C28H32N4O3/c1-18(27(33)29-12-9-21-17-30-24-6-4-3-5-23(21)24)19-10-13-32(14-11-19)28(34)26-15-20-7-8-22(35-2)16-25(20)31-26/h3-8,15-19,30-31H,9-14H2,1-2H3,(H,29,33)/t18-/m1/s1. The number of nitrogens with zero attached hydrogens (tertiary/aromatic N) is 1. The summed E-state index contributed by atoms with van der Waals surface area (Å²) in [6.45, 7) is 3.95. The molecule has 7 nitrogen and oxygen atoms in total. The number of hydrogen-bond acceptors (Lipinski definition) is 3. The van der Waals surface area contributed by atoms with Gasteiger partial charge in [-0.1, -0.05) is 25.1 Å². The number of methoxy groups -OCH3 is 1. The van der Waals surface area contributed by atoms with Gasteiger partial charge < -0.3 is 24.9 Å². The summed E-state index contributed by atoms with van der Waals surface area (Å²) >= 11 is 0. The number of amides is 2. The number of ether oxygens (including phenoxy) is 1. The molecule has 1 aliphatic heterocycles. The zero-order valence-corrected chi connectivity index (χ0v) is 20.3. The molecule has 2 aromatic heterocycles. The Bertz CT molecular complexity index is 1350. The van der Waals surface area contributed by atoms with E-state index < -0.39 is 0 Å². The van der Waals surface area contributed by atoms with Crippen LogP contribution in [0.3, 0.4) is 0 Å². The van der Waals surface area contributed by atoms with Crippen LogP contribution in [-0.2, 0) is 11.2 Å². The first kappa shape index (κ1) is 23.0. The van der Waals surface area contributed by atoms with Gasteiger partial charge >= 0.3 is 0 Å². The lowest BCUT2D eigenvalue weighted by Gasteiger charge is -2.34. The molecule has 0 radical (unpaired) electrons. The van der Waals surface area contributed by atoms with Crippen molar-refractivity contribution in [1.82, 2.24) is 20.2 Å². The maximum Gasteiger partial charge on any atom is 0.270 e. The van der Waals surface area contributed by atoms with Crippen LogP contribution in [-0.4, -0.2) is 53.4 Å². The van der Waals surface area contributed by atoms with E-state index in [0.717, 1.165) is 41.4 Å². The second-order valence-electron chi connectivity index (χ2n) is 9.46. The van der Waals surface area contributed by atoms with Crippen molar-refractivity contribution < 1.29 is 14.3 Å². The molecule has 7 heteroatoms. The number of para-hydroxylation sites is 1. The maximum absolute atomic E-state index is 13.1. The number of fused-ring (bicyclic) bond motifs is 2. The smallest absolute Gasteiger partial charge is 0.270 e. The maximum atomic E-state index is 13.1. The van der Waals surface area contributed by atoms with Gasteiger partial charge in [-0.3, -0.25) is 9.59 Å². The number of benzene rings is 2. The number of likely N-dealkylation sites (tertiary alicyclic amines) is 1. The quantitative estimate of drug-likeness (QED) is 0.370. The third-order valence-corrected chi connectivity index (χ3v) is 7.38. The highest BCUT2D eigenvalue weighted by Gasteiger charge is 2.30. The predicted octanol–water partition coefficient (Wildman–Crippen LogP) is 4.51. The van der Waals surface area contributed by atoms with E-state index in [1.54, 1.807) is 7.11 Å². The van der Waals surface area contributed by atoms with Gasteiger partial charge in [0.15, 0.2) is 0 Å². The molecule has 182 valence electrons. The number of nitrogens with one attached hydrogen (secondary N) is 3. The van der Waals surface area contributed by atoms with Gasteiger partial charge in [-0.2, -0.15) is 0 Å². The highest BCUT2D eigenvalue weighted by Crippen LogP contribution is 2.27. The zero-order chi connectivity index (χ0) is 24.4. The first-order valence-corrected chi connectivity index (χ1v) is 12.3. The summed E-state index contributed by atoms with van der Waals surface area (Å²) in [4.78, 5) is 34.3. The first-order chi connectivity index (χ1) is 17.0. The summed E-state index contributed by atoms with van der Waals surface area (Å²) < 4.78 is 5.27. The van der Waals surface area contributed by atoms with E-state index in [1.165, 1.54) is 10.9 Å². The topological polar surface area (TPSA) is 90.2 Å². The molecule has 0 bridgehead atoms. The second kappa shape index (κ2) is 9.86. The third-order valence-electron chi connectivity index (χ3n) is 7.38. The molecule has 0 spiro atoms. The lowest BCUT2D eigenvalue weighted by atomic mass is 9.84. The zero-order valence-electron chi connectivity index (χ0n) is 20.3. The van der Waals surface area contributed by atoms with Crippen LogP contribution in [0.25, 0.3) is 21.8 Å². The Morgan fingerprint density at radius 1 is 1.11 bits per heavy atom. The summed E-state index contributed by atoms with van der Waals surface area (Å²) in [5.41, 5.74) is 3.82. The van der Waals surface area contributed by atoms with Crippen LogP contribution in [0.2, 0.25) is 0 Å². The Morgan fingerprint density at radius 3 is 2.71 bits per heavy atom. The lowest BCUT2D eigenvalue weighted by molar-refractivity contribution is -0.126. The summed E-state index contributed by atoms with van der Waals surface area (Å²) in [5.74, 6) is 1.07. The van der Waals surface area contributed by atoms with Crippen molar-refractivity contribution in [2.24, 2.45) is 11.8 Å². The van der Waals surface area contributed by atoms with Crippen LogP contribution < -0.4 is 10.1 Å². The van der Waals surface area contributed by atoms with Gasteiger partial charge in [-0.05, 0) is 55.0 Å². The molecule has 0 aliphatic carbocycles. The van der Waals surface area contributed by atoms with Crippen molar-refractivity contribution >= 4 is 33.6 Å². The highest BCUT2D eigenvalue weighted by atomic mass is 16.5. The van der Waals surface area contributed by atoms with Crippen molar-refractivity contribution in [2.75, 3.05) is 26.7 Å². The minimum absolute atomic E-state index is 0.00875. The molecule has 1 fully saturated rings. The highest BCUT2D eigenvalue weighted by molar-refractivity contribution is 5.98. The molecular formula is C28H32N4O3. The van der Waals surface area contributed by atoms with Crippen LogP contribution in [0.1, 0.15) is 35.8 Å². The van der Waals surface area contributed by atoms with Gasteiger partial charge in [0.2, 0.25) is 5.91 Å². The van der Waals surface area contributed by atoms with Gasteiger partial charge in [0.25, 0.3) is 5.91 Å². The van der Waals surface area contributed by atoms with Gasteiger partial charge in [0.05, 0.1) is 7.11 Å². The molecule has 35 heavy (non-hydrogen) atoms. The summed E-state index contributed by atoms with van der Waals surface area (Å²) in [5, 5.41) is 5.32. The van der Waals surface area contributed by atoms with Crippen LogP contribution in [0.5, 0.6) is 5.75 Å². The number of piperidine rings is 1. The average molecular weight is 473 g/mol. The fraction of sp³-hybridized carbons (Fsp3) is 0.357. The molecule has 1 atom stereocenters. The average Bonchev–Trinajstić information content (AvgIpc) is 3.51. The Kier molecular flexibility index (Phi) is 6.49. The number of rotatable bonds is 7. The first-order valence-electron chi connectivity index (χ1n) is 12.3. The van der Waals surface area contributed by atoms with Crippen LogP contribution >= 0.6 is 0 Å². The SMILES string of the molecule is COc1ccc2cc(C(=O)N3CCC([C@@H](C)C(=O)NCCc4c[nH]c5ccccc45)CC3)[nH]c2c1. The molecule has 2 amide bonds. The summed E-state index contributed by atoms with van der Waals surface area (Å²) in [7, 11) is 1.63. The number of H-pyrrole nitrogens is 2. The van der Waals surface area contributed by atoms with Gasteiger partial charge in [-0.15, -0.1) is 0 Å². The number of carbonyl (C=O) groups excluding carboxylic acids is 2. The van der Waals surface area contributed by atoms with Crippen LogP contribution in [0.15, 0.2) is 54.7 Å². The molecule has 5 rings (SSSR count). The van der Waals surface area contributed by atoms with Crippen molar-refractivity contribution in [3.8, 4) is 5.75 Å². The van der Waals surface area contributed by atoms with Crippen LogP contribution in [0.4, 0.5) is 0 Å². The monoisotopic (exact) mass is 472 g/mol. The largest absolute Gasteiger partial charge is 0.497 e. The van der Waals surface area contributed by atoms with E-state index in [4.69, 9.17) is 4.74 Å². The molecule has 1 aliphatic rings. The van der Waals surface area contributed by atoms with E-state index in [0.29, 0.717) is 25.3 Å². The molecule has 0 unspecified atom stereocenters. The third kappa shape index (κ3) is 4.76. The fourth-order valence-electron chi connectivity index (χ4n) is 5.16. The van der Waals surface area contributed by atoms with Crippen molar-refractivity contribution in [2.45, 2.75) is 26.2 Å². The molecule has 4 aromatic rings.